The lowest BCUT2D eigenvalue weighted by molar-refractivity contribution is 0.294. The normalized spacial score (nSPS) is 10.7. The van der Waals surface area contributed by atoms with E-state index in [4.69, 9.17) is 4.74 Å². The second-order valence-corrected chi connectivity index (χ2v) is 5.95. The minimum absolute atomic E-state index is 0.106. The maximum absolute atomic E-state index is 13.8. The van der Waals surface area contributed by atoms with Gasteiger partial charge in [0.2, 0.25) is 5.88 Å². The molecule has 0 amide bonds. The molecular weight excluding hydrogens is 304 g/mol. The van der Waals surface area contributed by atoms with Gasteiger partial charge < -0.3 is 4.74 Å². The van der Waals surface area contributed by atoms with Gasteiger partial charge in [-0.1, -0.05) is 36.4 Å². The zero-order valence-electron chi connectivity index (χ0n) is 11.8. The summed E-state index contributed by atoms with van der Waals surface area (Å²) in [5.41, 5.74) is 0.902. The number of aryl methyl sites for hydroxylation is 1. The second kappa shape index (κ2) is 6.23. The van der Waals surface area contributed by atoms with Crippen molar-refractivity contribution in [3.8, 4) is 16.5 Å². The molecule has 0 fully saturated rings. The van der Waals surface area contributed by atoms with Crippen LogP contribution >= 0.6 is 11.3 Å². The number of hydrogen-bond acceptors (Lipinski definition) is 3. The van der Waals surface area contributed by atoms with Crippen molar-refractivity contribution in [3.63, 3.8) is 0 Å². The van der Waals surface area contributed by atoms with Crippen LogP contribution < -0.4 is 4.74 Å². The number of hydrogen-bond donors (Lipinski definition) is 0. The first-order chi connectivity index (χ1) is 10.6. The molecule has 0 N–H and O–H groups in total. The summed E-state index contributed by atoms with van der Waals surface area (Å²) in [6, 6.07) is 13.4. The fourth-order valence-corrected chi connectivity index (χ4v) is 2.96. The van der Waals surface area contributed by atoms with Gasteiger partial charge in [-0.2, -0.15) is 0 Å². The molecule has 0 unspecified atom stereocenters. The Bertz CT molecular complexity index is 766. The summed E-state index contributed by atoms with van der Waals surface area (Å²) in [5, 5.41) is 0.288. The fourth-order valence-electron chi connectivity index (χ4n) is 2.05. The van der Waals surface area contributed by atoms with Crippen molar-refractivity contribution < 1.29 is 13.5 Å². The van der Waals surface area contributed by atoms with Crippen LogP contribution in [-0.4, -0.2) is 4.98 Å². The van der Waals surface area contributed by atoms with Gasteiger partial charge in [-0.05, 0) is 24.6 Å². The Hall–Kier alpha value is -2.27. The molecule has 2 nitrogen and oxygen atoms in total. The first kappa shape index (κ1) is 14.7. The minimum Gasteiger partial charge on any atom is -0.472 e. The van der Waals surface area contributed by atoms with E-state index in [0.717, 1.165) is 10.4 Å². The molecule has 1 aromatic heterocycles. The van der Waals surface area contributed by atoms with Crippen LogP contribution in [0.15, 0.2) is 48.5 Å². The maximum atomic E-state index is 13.8. The highest BCUT2D eigenvalue weighted by Gasteiger charge is 2.17. The molecule has 2 aromatic carbocycles. The van der Waals surface area contributed by atoms with Crippen LogP contribution in [0.5, 0.6) is 5.88 Å². The highest BCUT2D eigenvalue weighted by Crippen LogP contribution is 2.34. The van der Waals surface area contributed by atoms with Crippen LogP contribution in [0.4, 0.5) is 8.78 Å². The van der Waals surface area contributed by atoms with Crippen LogP contribution in [0, 0.1) is 18.6 Å². The number of halogens is 2. The lowest BCUT2D eigenvalue weighted by atomic mass is 10.2. The molecular formula is C17H13F2NOS. The van der Waals surface area contributed by atoms with Crippen molar-refractivity contribution in [1.82, 2.24) is 4.98 Å². The molecule has 22 heavy (non-hydrogen) atoms. The zero-order chi connectivity index (χ0) is 15.5. The summed E-state index contributed by atoms with van der Waals surface area (Å²) < 4.78 is 33.3. The molecule has 0 atom stereocenters. The molecule has 3 aromatic rings. The lowest BCUT2D eigenvalue weighted by Gasteiger charge is -2.03. The van der Waals surface area contributed by atoms with Crippen LogP contribution in [0.25, 0.3) is 10.6 Å². The van der Waals surface area contributed by atoms with E-state index in [9.17, 15) is 8.78 Å². The monoisotopic (exact) mass is 317 g/mol. The zero-order valence-corrected chi connectivity index (χ0v) is 12.7. The molecule has 0 aliphatic heterocycles. The smallest absolute Gasteiger partial charge is 0.228 e. The van der Waals surface area contributed by atoms with Gasteiger partial charge >= 0.3 is 0 Å². The van der Waals surface area contributed by atoms with E-state index in [-0.39, 0.29) is 10.6 Å². The summed E-state index contributed by atoms with van der Waals surface area (Å²) in [4.78, 5) is 5.02. The number of ether oxygens (including phenoxy) is 1. The average Bonchev–Trinajstić information content (AvgIpc) is 2.87. The van der Waals surface area contributed by atoms with Crippen LogP contribution in [0.1, 0.15) is 10.4 Å². The number of nitrogens with zero attached hydrogens (tertiary/aromatic N) is 1. The lowest BCUT2D eigenvalue weighted by Crippen LogP contribution is -1.96. The molecule has 0 bridgehead atoms. The van der Waals surface area contributed by atoms with Crippen molar-refractivity contribution in [2.24, 2.45) is 0 Å². The largest absolute Gasteiger partial charge is 0.472 e. The molecule has 5 heteroatoms. The molecule has 0 spiro atoms. The van der Waals surface area contributed by atoms with Gasteiger partial charge in [0.1, 0.15) is 23.2 Å². The summed E-state index contributed by atoms with van der Waals surface area (Å²) in [6.45, 7) is 2.19. The SMILES string of the molecule is Cc1sc(-c2c(F)cccc2F)nc1OCc1ccccc1. The highest BCUT2D eigenvalue weighted by molar-refractivity contribution is 7.15. The first-order valence-electron chi connectivity index (χ1n) is 6.73. The Kier molecular flexibility index (Phi) is 4.15. The topological polar surface area (TPSA) is 22.1 Å². The Morgan fingerprint density at radius 2 is 1.68 bits per heavy atom. The van der Waals surface area contributed by atoms with Crippen molar-refractivity contribution in [1.29, 1.82) is 0 Å². The van der Waals surface area contributed by atoms with Crippen LogP contribution in [0.2, 0.25) is 0 Å². The van der Waals surface area contributed by atoms with Gasteiger partial charge in [-0.3, -0.25) is 0 Å². The second-order valence-electron chi connectivity index (χ2n) is 4.75. The van der Waals surface area contributed by atoms with Gasteiger partial charge in [0.05, 0.1) is 10.4 Å². The van der Waals surface area contributed by atoms with Crippen molar-refractivity contribution >= 4 is 11.3 Å². The fraction of sp³-hybridized carbons (Fsp3) is 0.118. The van der Waals surface area contributed by atoms with Crippen LogP contribution in [-0.2, 0) is 6.61 Å². The number of rotatable bonds is 4. The summed E-state index contributed by atoms with van der Waals surface area (Å²) in [7, 11) is 0. The van der Waals surface area contributed by atoms with Crippen molar-refractivity contribution in [3.05, 3.63) is 70.6 Å². The number of aromatic nitrogens is 1. The predicted molar refractivity (Wildman–Crippen MR) is 83.0 cm³/mol. The van der Waals surface area contributed by atoms with E-state index < -0.39 is 11.6 Å². The van der Waals surface area contributed by atoms with Crippen molar-refractivity contribution in [2.45, 2.75) is 13.5 Å². The minimum atomic E-state index is -0.622. The Morgan fingerprint density at radius 1 is 1.00 bits per heavy atom. The Morgan fingerprint density at radius 3 is 2.36 bits per heavy atom. The molecule has 0 saturated heterocycles. The van der Waals surface area contributed by atoms with Crippen molar-refractivity contribution in [2.75, 3.05) is 0 Å². The third-order valence-electron chi connectivity index (χ3n) is 3.15. The van der Waals surface area contributed by atoms with Gasteiger partial charge in [-0.25, -0.2) is 13.8 Å². The molecule has 112 valence electrons. The molecule has 0 radical (unpaired) electrons. The summed E-state index contributed by atoms with van der Waals surface area (Å²) >= 11 is 1.21. The summed E-state index contributed by atoms with van der Waals surface area (Å²) in [5.74, 6) is -0.835. The van der Waals surface area contributed by atoms with E-state index in [2.05, 4.69) is 4.98 Å². The van der Waals surface area contributed by atoms with E-state index in [1.807, 2.05) is 37.3 Å². The van der Waals surface area contributed by atoms with E-state index in [1.165, 1.54) is 29.5 Å². The van der Waals surface area contributed by atoms with Crippen LogP contribution in [0.3, 0.4) is 0 Å². The quantitative estimate of drug-likeness (QED) is 0.677. The standard InChI is InChI=1S/C17H13F2NOS/c1-11-16(21-10-12-6-3-2-4-7-12)20-17(22-11)15-13(18)8-5-9-14(15)19/h2-9H,10H2,1H3. The van der Waals surface area contributed by atoms with E-state index >= 15 is 0 Å². The molecule has 3 rings (SSSR count). The number of benzene rings is 2. The summed E-state index contributed by atoms with van der Waals surface area (Å²) in [6.07, 6.45) is 0. The maximum Gasteiger partial charge on any atom is 0.228 e. The van der Waals surface area contributed by atoms with E-state index in [0.29, 0.717) is 12.5 Å². The Labute approximate surface area is 131 Å². The Balaban J connectivity index is 1.85. The predicted octanol–water partition coefficient (Wildman–Crippen LogP) is 4.98. The number of thiazole rings is 1. The molecule has 0 saturated carbocycles. The van der Waals surface area contributed by atoms with Gasteiger partial charge in [0, 0.05) is 0 Å². The van der Waals surface area contributed by atoms with E-state index in [1.54, 1.807) is 0 Å². The van der Waals surface area contributed by atoms with Gasteiger partial charge in [0.15, 0.2) is 0 Å². The average molecular weight is 317 g/mol. The molecule has 0 aliphatic carbocycles. The molecule has 0 aliphatic rings. The van der Waals surface area contributed by atoms with Gasteiger partial charge in [-0.15, -0.1) is 11.3 Å². The highest BCUT2D eigenvalue weighted by atomic mass is 32.1. The molecule has 1 heterocycles. The first-order valence-corrected chi connectivity index (χ1v) is 7.55. The third-order valence-corrected chi connectivity index (χ3v) is 4.12. The third kappa shape index (κ3) is 2.99. The van der Waals surface area contributed by atoms with Gasteiger partial charge in [0.25, 0.3) is 0 Å².